The van der Waals surface area contributed by atoms with E-state index in [1.54, 1.807) is 0 Å². The Balaban J connectivity index is 2.43. The van der Waals surface area contributed by atoms with Crippen molar-refractivity contribution in [2.75, 3.05) is 6.61 Å². The van der Waals surface area contributed by atoms with Crippen LogP contribution in [0.15, 0.2) is 30.3 Å². The van der Waals surface area contributed by atoms with Crippen molar-refractivity contribution in [1.29, 1.82) is 0 Å². The summed E-state index contributed by atoms with van der Waals surface area (Å²) in [5.41, 5.74) is 6.62. The molecule has 0 bridgehead atoms. The molecule has 3 nitrogen and oxygen atoms in total. The third-order valence-corrected chi connectivity index (χ3v) is 2.70. The van der Waals surface area contributed by atoms with Crippen LogP contribution in [0.4, 0.5) is 0 Å². The highest BCUT2D eigenvalue weighted by Crippen LogP contribution is 2.12. The van der Waals surface area contributed by atoms with Gasteiger partial charge in [-0.1, -0.05) is 50.6 Å². The molecule has 2 N–H and O–H groups in total. The number of hydrogen-bond acceptors (Lipinski definition) is 3. The van der Waals surface area contributed by atoms with Crippen molar-refractivity contribution in [2.24, 2.45) is 11.7 Å². The van der Waals surface area contributed by atoms with Gasteiger partial charge in [-0.15, -0.1) is 0 Å². The minimum absolute atomic E-state index is 0.348. The first kappa shape index (κ1) is 13.7. The van der Waals surface area contributed by atoms with Crippen LogP contribution in [0, 0.1) is 5.92 Å². The average Bonchev–Trinajstić information content (AvgIpc) is 2.36. The van der Waals surface area contributed by atoms with E-state index in [0.29, 0.717) is 12.5 Å². The Hall–Kier alpha value is -1.35. The van der Waals surface area contributed by atoms with Crippen LogP contribution in [0.2, 0.25) is 0 Å². The summed E-state index contributed by atoms with van der Waals surface area (Å²) in [4.78, 5) is 11.7. The zero-order valence-corrected chi connectivity index (χ0v) is 10.6. The Morgan fingerprint density at radius 3 is 2.59 bits per heavy atom. The largest absolute Gasteiger partial charge is 0.464 e. The van der Waals surface area contributed by atoms with Gasteiger partial charge < -0.3 is 10.5 Å². The number of hydrogen-bond donors (Lipinski definition) is 1. The van der Waals surface area contributed by atoms with Crippen LogP contribution in [-0.2, 0) is 9.53 Å². The van der Waals surface area contributed by atoms with E-state index in [1.165, 1.54) is 0 Å². The number of rotatable bonds is 6. The van der Waals surface area contributed by atoms with Gasteiger partial charge in [0.05, 0.1) is 6.61 Å². The molecule has 0 aliphatic carbocycles. The van der Waals surface area contributed by atoms with Crippen molar-refractivity contribution >= 4 is 5.97 Å². The van der Waals surface area contributed by atoms with E-state index < -0.39 is 6.04 Å². The standard InChI is InChI=1S/C14H21NO2/c1-3-7-11(2)10-17-14(16)13(15)12-8-5-4-6-9-12/h4-6,8-9,11,13H,3,7,10,15H2,1-2H3/t11?,13-/m1/s1. The fourth-order valence-corrected chi connectivity index (χ4v) is 1.69. The average molecular weight is 235 g/mol. The van der Waals surface area contributed by atoms with Gasteiger partial charge in [-0.05, 0) is 17.9 Å². The van der Waals surface area contributed by atoms with Crippen LogP contribution in [0.1, 0.15) is 38.3 Å². The molecule has 1 rings (SSSR count). The summed E-state index contributed by atoms with van der Waals surface area (Å²) in [6.45, 7) is 4.64. The molecule has 0 spiro atoms. The zero-order valence-electron chi connectivity index (χ0n) is 10.6. The molecule has 94 valence electrons. The monoisotopic (exact) mass is 235 g/mol. The molecule has 0 aliphatic rings. The molecular weight excluding hydrogens is 214 g/mol. The number of nitrogens with two attached hydrogens (primary N) is 1. The lowest BCUT2D eigenvalue weighted by molar-refractivity contribution is -0.146. The van der Waals surface area contributed by atoms with Gasteiger partial charge in [0.15, 0.2) is 0 Å². The van der Waals surface area contributed by atoms with Crippen molar-refractivity contribution in [3.05, 3.63) is 35.9 Å². The molecule has 0 fully saturated rings. The predicted molar refractivity (Wildman–Crippen MR) is 68.4 cm³/mol. The van der Waals surface area contributed by atoms with Crippen molar-refractivity contribution < 1.29 is 9.53 Å². The summed E-state index contributed by atoms with van der Waals surface area (Å²) in [6.07, 6.45) is 2.16. The Kier molecular flexibility index (Phi) is 5.70. The first-order chi connectivity index (χ1) is 8.15. The molecule has 0 amide bonds. The first-order valence-electron chi connectivity index (χ1n) is 6.12. The van der Waals surface area contributed by atoms with Gasteiger partial charge in [0.1, 0.15) is 6.04 Å². The highest BCUT2D eigenvalue weighted by Gasteiger charge is 2.17. The summed E-state index contributed by atoms with van der Waals surface area (Å²) < 4.78 is 5.21. The molecule has 2 atom stereocenters. The number of ether oxygens (including phenoxy) is 1. The Bertz CT molecular complexity index is 337. The molecule has 3 heteroatoms. The van der Waals surface area contributed by atoms with Crippen LogP contribution >= 0.6 is 0 Å². The topological polar surface area (TPSA) is 52.3 Å². The number of carbonyl (C=O) groups excluding carboxylic acids is 1. The second kappa shape index (κ2) is 7.07. The van der Waals surface area contributed by atoms with Crippen LogP contribution in [0.25, 0.3) is 0 Å². The molecule has 0 heterocycles. The molecule has 0 saturated carbocycles. The molecule has 0 aliphatic heterocycles. The Morgan fingerprint density at radius 1 is 1.35 bits per heavy atom. The maximum absolute atomic E-state index is 11.7. The fraction of sp³-hybridized carbons (Fsp3) is 0.500. The third kappa shape index (κ3) is 4.57. The van der Waals surface area contributed by atoms with Crippen molar-refractivity contribution in [2.45, 2.75) is 32.7 Å². The van der Waals surface area contributed by atoms with Crippen molar-refractivity contribution in [3.63, 3.8) is 0 Å². The van der Waals surface area contributed by atoms with E-state index >= 15 is 0 Å². The van der Waals surface area contributed by atoms with Gasteiger partial charge in [-0.25, -0.2) is 4.79 Å². The smallest absolute Gasteiger partial charge is 0.327 e. The second-order valence-electron chi connectivity index (χ2n) is 4.41. The molecule has 1 aromatic carbocycles. The van der Waals surface area contributed by atoms with E-state index in [0.717, 1.165) is 18.4 Å². The summed E-state index contributed by atoms with van der Waals surface area (Å²) in [6, 6.07) is 8.61. The van der Waals surface area contributed by atoms with E-state index in [-0.39, 0.29) is 5.97 Å². The van der Waals surface area contributed by atoms with Gasteiger partial charge in [0.25, 0.3) is 0 Å². The lowest BCUT2D eigenvalue weighted by Gasteiger charge is -2.14. The Morgan fingerprint density at radius 2 is 2.00 bits per heavy atom. The molecule has 17 heavy (non-hydrogen) atoms. The van der Waals surface area contributed by atoms with Crippen LogP contribution < -0.4 is 5.73 Å². The van der Waals surface area contributed by atoms with Gasteiger partial charge in [-0.3, -0.25) is 0 Å². The van der Waals surface area contributed by atoms with E-state index in [4.69, 9.17) is 10.5 Å². The lowest BCUT2D eigenvalue weighted by Crippen LogP contribution is -2.25. The number of esters is 1. The number of carbonyl (C=O) groups is 1. The molecular formula is C14H21NO2. The van der Waals surface area contributed by atoms with Crippen molar-refractivity contribution in [1.82, 2.24) is 0 Å². The van der Waals surface area contributed by atoms with Gasteiger partial charge in [-0.2, -0.15) is 0 Å². The quantitative estimate of drug-likeness (QED) is 0.771. The van der Waals surface area contributed by atoms with Crippen LogP contribution in [-0.4, -0.2) is 12.6 Å². The summed E-state index contributed by atoms with van der Waals surface area (Å²) in [5, 5.41) is 0. The van der Waals surface area contributed by atoms with Crippen LogP contribution in [0.3, 0.4) is 0 Å². The number of benzene rings is 1. The molecule has 1 unspecified atom stereocenters. The van der Waals surface area contributed by atoms with Gasteiger partial charge >= 0.3 is 5.97 Å². The van der Waals surface area contributed by atoms with Gasteiger partial charge in [0.2, 0.25) is 0 Å². The second-order valence-corrected chi connectivity index (χ2v) is 4.41. The molecule has 0 radical (unpaired) electrons. The minimum Gasteiger partial charge on any atom is -0.464 e. The van der Waals surface area contributed by atoms with E-state index in [9.17, 15) is 4.79 Å². The Labute approximate surface area is 103 Å². The maximum Gasteiger partial charge on any atom is 0.327 e. The van der Waals surface area contributed by atoms with Crippen LogP contribution in [0.5, 0.6) is 0 Å². The lowest BCUT2D eigenvalue weighted by atomic mass is 10.1. The third-order valence-electron chi connectivity index (χ3n) is 2.70. The molecule has 1 aromatic rings. The SMILES string of the molecule is CCCC(C)COC(=O)[C@H](N)c1ccccc1. The van der Waals surface area contributed by atoms with Gasteiger partial charge in [0, 0.05) is 0 Å². The summed E-state index contributed by atoms with van der Waals surface area (Å²) in [7, 11) is 0. The molecule has 0 aromatic heterocycles. The summed E-state index contributed by atoms with van der Waals surface area (Å²) in [5.74, 6) is 0.0473. The van der Waals surface area contributed by atoms with E-state index in [1.807, 2.05) is 30.3 Å². The zero-order chi connectivity index (χ0) is 12.7. The van der Waals surface area contributed by atoms with E-state index in [2.05, 4.69) is 13.8 Å². The highest BCUT2D eigenvalue weighted by molar-refractivity contribution is 5.77. The normalized spacial score (nSPS) is 14.1. The summed E-state index contributed by atoms with van der Waals surface area (Å²) >= 11 is 0. The molecule has 0 saturated heterocycles. The minimum atomic E-state index is -0.676. The first-order valence-corrected chi connectivity index (χ1v) is 6.12. The highest BCUT2D eigenvalue weighted by atomic mass is 16.5. The predicted octanol–water partition coefficient (Wildman–Crippen LogP) is 2.67. The maximum atomic E-state index is 11.7. The van der Waals surface area contributed by atoms with Crippen molar-refractivity contribution in [3.8, 4) is 0 Å². The fourth-order valence-electron chi connectivity index (χ4n) is 1.69.